The number of fused-ring (bicyclic) bond motifs is 1. The number of nitrogens with two attached hydrogens (primary N) is 1. The van der Waals surface area contributed by atoms with Gasteiger partial charge in [0, 0.05) is 22.0 Å². The van der Waals surface area contributed by atoms with E-state index in [2.05, 4.69) is 25.9 Å². The Hall–Kier alpha value is -5.16. The average molecular weight is 521 g/mol. The number of nitrogen functional groups attached to an aromatic ring is 1. The number of nitrogens with one attached hydrogen (secondary N) is 2. The zero-order valence-corrected chi connectivity index (χ0v) is 20.6. The van der Waals surface area contributed by atoms with Gasteiger partial charge < -0.3 is 16.4 Å². The van der Waals surface area contributed by atoms with Crippen molar-refractivity contribution in [3.8, 4) is 17.2 Å². The molecule has 0 radical (unpaired) electrons. The van der Waals surface area contributed by atoms with Crippen LogP contribution in [0.2, 0.25) is 0 Å². The van der Waals surface area contributed by atoms with Gasteiger partial charge in [0.1, 0.15) is 10.5 Å². The zero-order valence-electron chi connectivity index (χ0n) is 19.8. The summed E-state index contributed by atoms with van der Waals surface area (Å²) >= 11 is 1.47. The van der Waals surface area contributed by atoms with Crippen molar-refractivity contribution in [3.05, 3.63) is 97.2 Å². The van der Waals surface area contributed by atoms with Gasteiger partial charge in [0.15, 0.2) is 17.3 Å². The van der Waals surface area contributed by atoms with Gasteiger partial charge in [-0.25, -0.2) is 19.4 Å². The van der Waals surface area contributed by atoms with E-state index < -0.39 is 0 Å². The first-order valence-electron chi connectivity index (χ1n) is 11.6. The number of hydrogen-bond acceptors (Lipinski definition) is 8. The van der Waals surface area contributed by atoms with Crippen LogP contribution in [0.4, 0.5) is 22.0 Å². The Kier molecular flexibility index (Phi) is 6.16. The van der Waals surface area contributed by atoms with Gasteiger partial charge in [-0.05, 0) is 58.8 Å². The number of nitrogens with zero attached hydrogens (tertiary/aromatic N) is 5. The van der Waals surface area contributed by atoms with Crippen LogP contribution in [0.15, 0.2) is 112 Å². The number of carbonyl (C=O) groups is 1. The van der Waals surface area contributed by atoms with E-state index in [1.807, 2.05) is 95.6 Å². The minimum atomic E-state index is -0.321. The maximum absolute atomic E-state index is 12.4. The maximum Gasteiger partial charge on any atom is 0.323 e. The van der Waals surface area contributed by atoms with Crippen molar-refractivity contribution in [2.45, 2.75) is 9.92 Å². The molecule has 38 heavy (non-hydrogen) atoms. The Balaban J connectivity index is 1.30. The number of para-hydroxylation sites is 2. The number of amides is 2. The van der Waals surface area contributed by atoms with Crippen molar-refractivity contribution in [2.24, 2.45) is 0 Å². The molecule has 2 amide bonds. The lowest BCUT2D eigenvalue weighted by molar-refractivity contribution is 0.262. The van der Waals surface area contributed by atoms with Gasteiger partial charge in [-0.3, -0.25) is 4.57 Å². The van der Waals surface area contributed by atoms with E-state index in [0.29, 0.717) is 28.4 Å². The second kappa shape index (κ2) is 10.1. The number of aromatic nitrogens is 5. The minimum absolute atomic E-state index is 0.153. The highest BCUT2D eigenvalue weighted by Gasteiger charge is 2.21. The molecule has 0 aliphatic heterocycles. The Bertz CT molecular complexity index is 1730. The number of hydrogen-bond donors (Lipinski definition) is 3. The number of rotatable bonds is 6. The fourth-order valence-corrected chi connectivity index (χ4v) is 4.79. The Morgan fingerprint density at radius 3 is 2.37 bits per heavy atom. The molecule has 3 aromatic heterocycles. The maximum atomic E-state index is 12.4. The van der Waals surface area contributed by atoms with Crippen LogP contribution >= 0.6 is 11.8 Å². The van der Waals surface area contributed by atoms with Gasteiger partial charge in [0.05, 0.1) is 11.7 Å². The summed E-state index contributed by atoms with van der Waals surface area (Å²) in [7, 11) is 0. The molecule has 10 nitrogen and oxygen atoms in total. The predicted molar refractivity (Wildman–Crippen MR) is 146 cm³/mol. The van der Waals surface area contributed by atoms with E-state index in [1.165, 1.54) is 11.8 Å². The third kappa shape index (κ3) is 4.77. The predicted octanol–water partition coefficient (Wildman–Crippen LogP) is 5.85. The highest BCUT2D eigenvalue weighted by atomic mass is 32.2. The summed E-state index contributed by atoms with van der Waals surface area (Å²) < 4.78 is 6.78. The molecule has 0 aliphatic rings. The SMILES string of the molecule is Nc1nonc1-c1nc2cnc(Sc3cccc(NC(=O)Nc4ccccc4)c3)cc2n1-c1ccccc1. The topological polar surface area (TPSA) is 137 Å². The van der Waals surface area contributed by atoms with Crippen LogP contribution in [0.25, 0.3) is 28.2 Å². The Labute approximate surface area is 220 Å². The van der Waals surface area contributed by atoms with Crippen LogP contribution in [-0.4, -0.2) is 30.9 Å². The van der Waals surface area contributed by atoms with Crippen molar-refractivity contribution < 1.29 is 9.42 Å². The van der Waals surface area contributed by atoms with E-state index in [-0.39, 0.29) is 11.8 Å². The monoisotopic (exact) mass is 520 g/mol. The molecule has 3 heterocycles. The van der Waals surface area contributed by atoms with E-state index in [1.54, 1.807) is 6.20 Å². The molecule has 4 N–H and O–H groups in total. The normalized spacial score (nSPS) is 10.9. The fourth-order valence-electron chi connectivity index (χ4n) is 3.94. The number of benzene rings is 3. The first-order valence-corrected chi connectivity index (χ1v) is 12.4. The molecular formula is C27H20N8O2S. The molecule has 6 rings (SSSR count). The van der Waals surface area contributed by atoms with Crippen LogP contribution in [0.1, 0.15) is 0 Å². The number of carbonyl (C=O) groups excluding carboxylic acids is 1. The molecule has 0 aliphatic carbocycles. The molecule has 0 unspecified atom stereocenters. The quantitative estimate of drug-likeness (QED) is 0.249. The number of imidazole rings is 1. The second-order valence-electron chi connectivity index (χ2n) is 8.19. The van der Waals surface area contributed by atoms with Gasteiger partial charge in [0.2, 0.25) is 0 Å². The van der Waals surface area contributed by atoms with Crippen molar-refractivity contribution in [2.75, 3.05) is 16.4 Å². The zero-order chi connectivity index (χ0) is 25.9. The second-order valence-corrected chi connectivity index (χ2v) is 9.28. The van der Waals surface area contributed by atoms with Crippen molar-refractivity contribution in [1.82, 2.24) is 24.8 Å². The van der Waals surface area contributed by atoms with Gasteiger partial charge >= 0.3 is 6.03 Å². The van der Waals surface area contributed by atoms with E-state index >= 15 is 0 Å². The molecule has 0 spiro atoms. The van der Waals surface area contributed by atoms with Gasteiger partial charge in [-0.15, -0.1) is 0 Å². The summed E-state index contributed by atoms with van der Waals surface area (Å²) in [5.74, 6) is 0.658. The standard InChI is InChI=1S/C27H20N8O2S/c28-25-24(33-37-34-25)26-32-21-16-29-23(15-22(21)35(26)19-11-5-2-6-12-19)38-20-13-7-10-18(14-20)31-27(36)30-17-8-3-1-4-9-17/h1-16H,(H2,28,34)(H2,30,31,36). The highest BCUT2D eigenvalue weighted by Crippen LogP contribution is 2.34. The van der Waals surface area contributed by atoms with E-state index in [4.69, 9.17) is 15.3 Å². The Morgan fingerprint density at radius 2 is 1.61 bits per heavy atom. The summed E-state index contributed by atoms with van der Waals surface area (Å²) in [6.45, 7) is 0. The summed E-state index contributed by atoms with van der Waals surface area (Å²) in [6.07, 6.45) is 1.71. The van der Waals surface area contributed by atoms with Gasteiger partial charge in [-0.2, -0.15) is 0 Å². The molecule has 0 saturated carbocycles. The van der Waals surface area contributed by atoms with E-state index in [9.17, 15) is 4.79 Å². The fraction of sp³-hybridized carbons (Fsp3) is 0. The van der Waals surface area contributed by atoms with E-state index in [0.717, 1.165) is 21.1 Å². The van der Waals surface area contributed by atoms with Crippen LogP contribution < -0.4 is 16.4 Å². The molecule has 3 aromatic carbocycles. The van der Waals surface area contributed by atoms with Crippen LogP contribution in [0.5, 0.6) is 0 Å². The molecule has 11 heteroatoms. The van der Waals surface area contributed by atoms with Crippen molar-refractivity contribution in [1.29, 1.82) is 0 Å². The average Bonchev–Trinajstić information content (AvgIpc) is 3.52. The molecular weight excluding hydrogens is 500 g/mol. The lowest BCUT2D eigenvalue weighted by Gasteiger charge is -2.10. The first-order chi connectivity index (χ1) is 18.6. The summed E-state index contributed by atoms with van der Waals surface area (Å²) in [5.41, 5.74) is 10.1. The lowest BCUT2D eigenvalue weighted by Crippen LogP contribution is -2.19. The molecule has 0 fully saturated rings. The third-order valence-electron chi connectivity index (χ3n) is 5.60. The van der Waals surface area contributed by atoms with Crippen LogP contribution in [0.3, 0.4) is 0 Å². The van der Waals surface area contributed by atoms with Crippen molar-refractivity contribution >= 4 is 46.0 Å². The van der Waals surface area contributed by atoms with Crippen molar-refractivity contribution in [3.63, 3.8) is 0 Å². The largest absolute Gasteiger partial charge is 0.379 e. The highest BCUT2D eigenvalue weighted by molar-refractivity contribution is 7.99. The summed E-state index contributed by atoms with van der Waals surface area (Å²) in [5, 5.41) is 14.1. The van der Waals surface area contributed by atoms with Crippen LogP contribution in [-0.2, 0) is 0 Å². The first kappa shape index (κ1) is 23.3. The molecule has 6 aromatic rings. The molecule has 0 bridgehead atoms. The number of pyridine rings is 1. The third-order valence-corrected chi connectivity index (χ3v) is 6.52. The minimum Gasteiger partial charge on any atom is -0.379 e. The van der Waals surface area contributed by atoms with Gasteiger partial charge in [0.25, 0.3) is 0 Å². The molecule has 186 valence electrons. The number of urea groups is 1. The lowest BCUT2D eigenvalue weighted by atomic mass is 10.3. The molecule has 0 atom stereocenters. The molecule has 0 saturated heterocycles. The summed E-state index contributed by atoms with van der Waals surface area (Å²) in [6, 6.07) is 28.2. The number of anilines is 3. The van der Waals surface area contributed by atoms with Gasteiger partial charge in [-0.1, -0.05) is 54.2 Å². The smallest absolute Gasteiger partial charge is 0.323 e. The van der Waals surface area contributed by atoms with Crippen LogP contribution in [0, 0.1) is 0 Å². The Morgan fingerprint density at radius 1 is 0.868 bits per heavy atom. The summed E-state index contributed by atoms with van der Waals surface area (Å²) in [4.78, 5) is 22.6.